The molecular formula is C15H25N5. The lowest BCUT2D eigenvalue weighted by molar-refractivity contribution is 0.185. The van der Waals surface area contributed by atoms with E-state index in [0.717, 1.165) is 49.9 Å². The maximum atomic E-state index is 4.70. The minimum Gasteiger partial charge on any atom is -0.355 e. The zero-order valence-corrected chi connectivity index (χ0v) is 12.6. The molecule has 3 heterocycles. The highest BCUT2D eigenvalue weighted by molar-refractivity contribution is 5.41. The van der Waals surface area contributed by atoms with Gasteiger partial charge in [0.25, 0.3) is 0 Å². The molecule has 0 bridgehead atoms. The first kappa shape index (κ1) is 13.8. The summed E-state index contributed by atoms with van der Waals surface area (Å²) < 4.78 is 0. The monoisotopic (exact) mass is 275 g/mol. The predicted molar refractivity (Wildman–Crippen MR) is 81.2 cm³/mol. The molecule has 1 N–H and O–H groups in total. The standard InChI is InChI=1S/C15H25N5/c1-3-14-17-12(2)10-15(18-14)20-7-4-13(11-20)19-8-5-16-6-9-19/h10,13,16H,3-9,11H2,1-2H3. The van der Waals surface area contributed by atoms with Gasteiger partial charge in [-0.05, 0) is 13.3 Å². The van der Waals surface area contributed by atoms with E-state index in [1.54, 1.807) is 0 Å². The lowest BCUT2D eigenvalue weighted by atomic mass is 10.2. The molecule has 0 saturated carbocycles. The van der Waals surface area contributed by atoms with Crippen LogP contribution in [0.15, 0.2) is 6.07 Å². The Bertz CT molecular complexity index is 456. The molecule has 1 aromatic rings. The van der Waals surface area contributed by atoms with Crippen LogP contribution in [0.5, 0.6) is 0 Å². The zero-order chi connectivity index (χ0) is 13.9. The molecule has 2 fully saturated rings. The van der Waals surface area contributed by atoms with Crippen LogP contribution in [-0.4, -0.2) is 60.2 Å². The minimum atomic E-state index is 0.692. The number of nitrogens with zero attached hydrogens (tertiary/aromatic N) is 4. The Morgan fingerprint density at radius 2 is 2.05 bits per heavy atom. The maximum Gasteiger partial charge on any atom is 0.132 e. The summed E-state index contributed by atoms with van der Waals surface area (Å²) in [6, 6.07) is 2.82. The molecule has 5 nitrogen and oxygen atoms in total. The van der Waals surface area contributed by atoms with Gasteiger partial charge in [-0.25, -0.2) is 9.97 Å². The number of aryl methyl sites for hydroxylation is 2. The average Bonchev–Trinajstić information content (AvgIpc) is 2.97. The van der Waals surface area contributed by atoms with E-state index in [1.807, 2.05) is 0 Å². The van der Waals surface area contributed by atoms with Crippen molar-refractivity contribution in [2.75, 3.05) is 44.2 Å². The summed E-state index contributed by atoms with van der Waals surface area (Å²) in [6.45, 7) is 11.0. The Morgan fingerprint density at radius 3 is 2.80 bits per heavy atom. The van der Waals surface area contributed by atoms with Crippen molar-refractivity contribution in [1.82, 2.24) is 20.2 Å². The first-order chi connectivity index (χ1) is 9.76. The number of anilines is 1. The summed E-state index contributed by atoms with van der Waals surface area (Å²) in [5.74, 6) is 2.08. The summed E-state index contributed by atoms with van der Waals surface area (Å²) in [4.78, 5) is 14.2. The number of aromatic nitrogens is 2. The SMILES string of the molecule is CCc1nc(C)cc(N2CCC(N3CCNCC3)C2)n1. The fraction of sp³-hybridized carbons (Fsp3) is 0.733. The second-order valence-corrected chi connectivity index (χ2v) is 5.81. The van der Waals surface area contributed by atoms with Gasteiger partial charge in [0.05, 0.1) is 0 Å². The molecule has 2 saturated heterocycles. The number of hydrogen-bond donors (Lipinski definition) is 1. The van der Waals surface area contributed by atoms with Crippen molar-refractivity contribution in [3.05, 3.63) is 17.6 Å². The number of piperazine rings is 1. The number of hydrogen-bond acceptors (Lipinski definition) is 5. The van der Waals surface area contributed by atoms with Crippen LogP contribution in [0.3, 0.4) is 0 Å². The molecule has 1 aromatic heterocycles. The molecule has 1 unspecified atom stereocenters. The smallest absolute Gasteiger partial charge is 0.132 e. The van der Waals surface area contributed by atoms with Gasteiger partial charge in [0.2, 0.25) is 0 Å². The summed E-state index contributed by atoms with van der Waals surface area (Å²) in [7, 11) is 0. The lowest BCUT2D eigenvalue weighted by Crippen LogP contribution is -2.49. The van der Waals surface area contributed by atoms with Crippen molar-refractivity contribution in [2.24, 2.45) is 0 Å². The molecule has 110 valence electrons. The Balaban J connectivity index is 1.68. The quantitative estimate of drug-likeness (QED) is 0.885. The summed E-state index contributed by atoms with van der Waals surface area (Å²) in [5.41, 5.74) is 1.08. The van der Waals surface area contributed by atoms with E-state index >= 15 is 0 Å². The summed E-state index contributed by atoms with van der Waals surface area (Å²) in [5, 5.41) is 3.43. The normalized spacial score (nSPS) is 24.3. The van der Waals surface area contributed by atoms with Gasteiger partial charge in [-0.2, -0.15) is 0 Å². The van der Waals surface area contributed by atoms with Gasteiger partial charge in [-0.3, -0.25) is 4.90 Å². The molecular weight excluding hydrogens is 250 g/mol. The predicted octanol–water partition coefficient (Wildman–Crippen LogP) is 0.831. The molecule has 2 aliphatic heterocycles. The van der Waals surface area contributed by atoms with Crippen LogP contribution in [-0.2, 0) is 6.42 Å². The maximum absolute atomic E-state index is 4.70. The van der Waals surface area contributed by atoms with Crippen molar-refractivity contribution in [2.45, 2.75) is 32.7 Å². The molecule has 3 rings (SSSR count). The third-order valence-corrected chi connectivity index (χ3v) is 4.36. The molecule has 0 radical (unpaired) electrons. The second kappa shape index (κ2) is 6.06. The van der Waals surface area contributed by atoms with E-state index in [1.165, 1.54) is 19.5 Å². The van der Waals surface area contributed by atoms with Crippen LogP contribution in [0.2, 0.25) is 0 Å². The molecule has 1 atom stereocenters. The largest absolute Gasteiger partial charge is 0.355 e. The molecule has 0 amide bonds. The van der Waals surface area contributed by atoms with Crippen LogP contribution in [0.1, 0.15) is 24.9 Å². The highest BCUT2D eigenvalue weighted by Gasteiger charge is 2.29. The van der Waals surface area contributed by atoms with E-state index in [2.05, 4.69) is 40.0 Å². The van der Waals surface area contributed by atoms with E-state index in [9.17, 15) is 0 Å². The zero-order valence-electron chi connectivity index (χ0n) is 12.6. The fourth-order valence-electron chi connectivity index (χ4n) is 3.23. The summed E-state index contributed by atoms with van der Waals surface area (Å²) in [6.07, 6.45) is 2.16. The Kier molecular flexibility index (Phi) is 4.17. The van der Waals surface area contributed by atoms with Gasteiger partial charge < -0.3 is 10.2 Å². The van der Waals surface area contributed by atoms with Gasteiger partial charge in [-0.15, -0.1) is 0 Å². The van der Waals surface area contributed by atoms with Crippen LogP contribution in [0, 0.1) is 6.92 Å². The van der Waals surface area contributed by atoms with E-state index < -0.39 is 0 Å². The first-order valence-corrected chi connectivity index (χ1v) is 7.80. The van der Waals surface area contributed by atoms with Gasteiger partial charge in [0.15, 0.2) is 0 Å². The molecule has 0 spiro atoms. The average molecular weight is 275 g/mol. The first-order valence-electron chi connectivity index (χ1n) is 7.80. The van der Waals surface area contributed by atoms with Crippen molar-refractivity contribution in [3.8, 4) is 0 Å². The number of nitrogens with one attached hydrogen (secondary N) is 1. The fourth-order valence-corrected chi connectivity index (χ4v) is 3.23. The van der Waals surface area contributed by atoms with Crippen LogP contribution in [0.25, 0.3) is 0 Å². The van der Waals surface area contributed by atoms with Crippen LogP contribution in [0.4, 0.5) is 5.82 Å². The van der Waals surface area contributed by atoms with Crippen molar-refractivity contribution in [3.63, 3.8) is 0 Å². The topological polar surface area (TPSA) is 44.3 Å². The summed E-state index contributed by atoms with van der Waals surface area (Å²) >= 11 is 0. The van der Waals surface area contributed by atoms with Gasteiger partial charge in [-0.1, -0.05) is 6.92 Å². The van der Waals surface area contributed by atoms with Gasteiger partial charge in [0.1, 0.15) is 11.6 Å². The van der Waals surface area contributed by atoms with Gasteiger partial charge >= 0.3 is 0 Å². The number of rotatable bonds is 3. The van der Waals surface area contributed by atoms with E-state index in [-0.39, 0.29) is 0 Å². The molecule has 0 aliphatic carbocycles. The third kappa shape index (κ3) is 2.94. The van der Waals surface area contributed by atoms with E-state index in [0.29, 0.717) is 6.04 Å². The van der Waals surface area contributed by atoms with Crippen molar-refractivity contribution in [1.29, 1.82) is 0 Å². The minimum absolute atomic E-state index is 0.692. The Morgan fingerprint density at radius 1 is 1.25 bits per heavy atom. The van der Waals surface area contributed by atoms with Crippen LogP contribution < -0.4 is 10.2 Å². The van der Waals surface area contributed by atoms with Crippen molar-refractivity contribution >= 4 is 5.82 Å². The molecule has 20 heavy (non-hydrogen) atoms. The molecule has 0 aromatic carbocycles. The third-order valence-electron chi connectivity index (χ3n) is 4.36. The molecule has 5 heteroatoms. The highest BCUT2D eigenvalue weighted by atomic mass is 15.3. The van der Waals surface area contributed by atoms with Gasteiger partial charge in [0, 0.05) is 63.5 Å². The highest BCUT2D eigenvalue weighted by Crippen LogP contribution is 2.22. The Hall–Kier alpha value is -1.20. The van der Waals surface area contributed by atoms with E-state index in [4.69, 9.17) is 4.98 Å². The lowest BCUT2D eigenvalue weighted by Gasteiger charge is -2.32. The van der Waals surface area contributed by atoms with Crippen molar-refractivity contribution < 1.29 is 0 Å². The second-order valence-electron chi connectivity index (χ2n) is 5.81. The molecule has 2 aliphatic rings. The van der Waals surface area contributed by atoms with Crippen LogP contribution >= 0.6 is 0 Å². The Labute approximate surface area is 121 Å².